The molecule has 157 valence electrons. The zero-order chi connectivity index (χ0) is 20.1. The molecule has 2 bridgehead atoms. The highest BCUT2D eigenvalue weighted by atomic mass is 16.5. The predicted molar refractivity (Wildman–Crippen MR) is 110 cm³/mol. The first-order valence-electron chi connectivity index (χ1n) is 11.5. The maximum absolute atomic E-state index is 11.7. The van der Waals surface area contributed by atoms with E-state index < -0.39 is 11.7 Å². The Labute approximate surface area is 170 Å². The zero-order valence-electron chi connectivity index (χ0n) is 18.1. The van der Waals surface area contributed by atoms with Crippen molar-refractivity contribution in [1.29, 1.82) is 0 Å². The third-order valence-electron chi connectivity index (χ3n) is 8.40. The Morgan fingerprint density at radius 3 is 2.57 bits per heavy atom. The van der Waals surface area contributed by atoms with Gasteiger partial charge in [0.15, 0.2) is 0 Å². The van der Waals surface area contributed by atoms with Crippen LogP contribution in [0.25, 0.3) is 0 Å². The summed E-state index contributed by atoms with van der Waals surface area (Å²) in [7, 11) is 0. The lowest BCUT2D eigenvalue weighted by Gasteiger charge is -2.53. The van der Waals surface area contributed by atoms with Crippen LogP contribution >= 0.6 is 0 Å². The van der Waals surface area contributed by atoms with Crippen molar-refractivity contribution >= 4 is 5.97 Å². The van der Waals surface area contributed by atoms with Crippen molar-refractivity contribution in [3.63, 3.8) is 0 Å². The van der Waals surface area contributed by atoms with Gasteiger partial charge in [0.05, 0.1) is 5.60 Å². The van der Waals surface area contributed by atoms with Crippen molar-refractivity contribution in [2.45, 2.75) is 96.4 Å². The summed E-state index contributed by atoms with van der Waals surface area (Å²) in [5.74, 6) is 1.07. The van der Waals surface area contributed by atoms with E-state index in [0.29, 0.717) is 11.8 Å². The van der Waals surface area contributed by atoms with E-state index in [0.717, 1.165) is 24.1 Å². The lowest BCUT2D eigenvalue weighted by Crippen LogP contribution is -2.57. The molecule has 28 heavy (non-hydrogen) atoms. The molecule has 2 aliphatic carbocycles. The molecule has 0 amide bonds. The maximum Gasteiger partial charge on any atom is 0.303 e. The summed E-state index contributed by atoms with van der Waals surface area (Å²) in [5.41, 5.74) is 0.187. The fraction of sp³-hybridized carbons (Fsp3) is 0.833. The molecular weight excluding hydrogens is 350 g/mol. The first-order valence-corrected chi connectivity index (χ1v) is 11.5. The summed E-state index contributed by atoms with van der Waals surface area (Å²) in [6.45, 7) is 9.20. The van der Waals surface area contributed by atoms with Crippen LogP contribution in [0.5, 0.6) is 0 Å². The van der Waals surface area contributed by atoms with Crippen LogP contribution in [-0.4, -0.2) is 46.3 Å². The molecule has 1 saturated carbocycles. The van der Waals surface area contributed by atoms with Gasteiger partial charge in [-0.05, 0) is 68.8 Å². The number of fused-ring (bicyclic) bond motifs is 3. The van der Waals surface area contributed by atoms with E-state index in [-0.39, 0.29) is 17.8 Å². The molecule has 0 aromatic carbocycles. The molecular formula is C24H38NO3. The molecule has 4 nitrogen and oxygen atoms in total. The first-order chi connectivity index (χ1) is 13.3. The van der Waals surface area contributed by atoms with E-state index in [4.69, 9.17) is 4.74 Å². The van der Waals surface area contributed by atoms with Crippen molar-refractivity contribution in [2.75, 3.05) is 6.54 Å². The van der Waals surface area contributed by atoms with E-state index in [1.54, 1.807) is 0 Å². The maximum atomic E-state index is 11.7. The van der Waals surface area contributed by atoms with Gasteiger partial charge in [-0.2, -0.15) is 0 Å². The standard InChI is InChI=1S/C24H38NO3/c1-15-12-22-21(16(2)14-25-19-6-5-7-20(25)10-9-19)11-8-17(3)24(22,27)13-23(15)28-18(4)26/h12-13,16-17,19-23,27H,5-11,14H2,1-4H3/t16?,17-,19?,20?,21+,22-,23-,24-/m1/s1. The highest BCUT2D eigenvalue weighted by Crippen LogP contribution is 2.51. The third-order valence-corrected chi connectivity index (χ3v) is 8.40. The molecule has 8 atom stereocenters. The molecule has 2 heterocycles. The van der Waals surface area contributed by atoms with Gasteiger partial charge in [0, 0.05) is 37.9 Å². The number of piperidine rings is 1. The van der Waals surface area contributed by atoms with Crippen LogP contribution in [0.3, 0.4) is 0 Å². The third kappa shape index (κ3) is 3.56. The Kier molecular flexibility index (Phi) is 5.65. The smallest absolute Gasteiger partial charge is 0.303 e. The van der Waals surface area contributed by atoms with Crippen molar-refractivity contribution in [1.82, 2.24) is 4.90 Å². The second kappa shape index (κ2) is 7.75. The normalized spacial score (nSPS) is 44.5. The number of rotatable bonds is 4. The van der Waals surface area contributed by atoms with Crippen molar-refractivity contribution in [3.05, 3.63) is 18.1 Å². The monoisotopic (exact) mass is 388 g/mol. The number of nitrogens with zero attached hydrogens (tertiary/aromatic N) is 1. The molecule has 0 aromatic heterocycles. The summed E-state index contributed by atoms with van der Waals surface area (Å²) in [4.78, 5) is 14.3. The molecule has 4 aliphatic rings. The number of carbonyl (C=O) groups excluding carboxylic acids is 1. The largest absolute Gasteiger partial charge is 0.458 e. The van der Waals surface area contributed by atoms with Crippen LogP contribution in [0, 0.1) is 30.1 Å². The number of esters is 1. The second-order valence-corrected chi connectivity index (χ2v) is 10.2. The SMILES string of the molecule is CC(=O)O[C@@H]1[CH][C@@]2(O)[C@H](C)CC[C@@H](C(C)CN3C4CCCC3CC4)[C@H]2C=C1C. The first kappa shape index (κ1) is 20.4. The molecule has 0 aromatic rings. The second-order valence-electron chi connectivity index (χ2n) is 10.2. The summed E-state index contributed by atoms with van der Waals surface area (Å²) >= 11 is 0. The molecule has 4 rings (SSSR count). The van der Waals surface area contributed by atoms with Crippen molar-refractivity contribution in [2.24, 2.45) is 23.7 Å². The van der Waals surface area contributed by atoms with Gasteiger partial charge in [0.1, 0.15) is 6.10 Å². The summed E-state index contributed by atoms with van der Waals surface area (Å²) in [5, 5.41) is 11.7. The Hall–Kier alpha value is -0.870. The number of hydrogen-bond donors (Lipinski definition) is 1. The van der Waals surface area contributed by atoms with Gasteiger partial charge in [-0.15, -0.1) is 0 Å². The van der Waals surface area contributed by atoms with Gasteiger partial charge in [0.25, 0.3) is 0 Å². The Bertz CT molecular complexity index is 615. The predicted octanol–water partition coefficient (Wildman–Crippen LogP) is 4.13. The fourth-order valence-electron chi connectivity index (χ4n) is 6.74. The van der Waals surface area contributed by atoms with Crippen LogP contribution in [0.2, 0.25) is 0 Å². The molecule has 3 unspecified atom stereocenters. The quantitative estimate of drug-likeness (QED) is 0.581. The molecule has 3 fully saturated rings. The fourth-order valence-corrected chi connectivity index (χ4v) is 6.74. The molecule has 1 N–H and O–H groups in total. The number of carbonyl (C=O) groups is 1. The highest BCUT2D eigenvalue weighted by molar-refractivity contribution is 5.66. The van der Waals surface area contributed by atoms with Gasteiger partial charge in [-0.3, -0.25) is 9.69 Å². The summed E-state index contributed by atoms with van der Waals surface area (Å²) in [6, 6.07) is 1.59. The van der Waals surface area contributed by atoms with Gasteiger partial charge < -0.3 is 9.84 Å². The average molecular weight is 389 g/mol. The Balaban J connectivity index is 1.53. The van der Waals surface area contributed by atoms with Gasteiger partial charge in [-0.1, -0.05) is 26.3 Å². The van der Waals surface area contributed by atoms with Gasteiger partial charge >= 0.3 is 5.97 Å². The molecule has 2 aliphatic heterocycles. The van der Waals surface area contributed by atoms with E-state index in [9.17, 15) is 9.90 Å². The van der Waals surface area contributed by atoms with E-state index >= 15 is 0 Å². The average Bonchev–Trinajstić information content (AvgIpc) is 2.85. The minimum atomic E-state index is -0.877. The van der Waals surface area contributed by atoms with E-state index in [1.807, 2.05) is 13.3 Å². The summed E-state index contributed by atoms with van der Waals surface area (Å²) < 4.78 is 5.49. The minimum absolute atomic E-state index is 0.125. The van der Waals surface area contributed by atoms with Crippen LogP contribution < -0.4 is 0 Å². The van der Waals surface area contributed by atoms with Crippen LogP contribution in [0.4, 0.5) is 0 Å². The van der Waals surface area contributed by atoms with Crippen LogP contribution in [-0.2, 0) is 9.53 Å². The Morgan fingerprint density at radius 2 is 1.93 bits per heavy atom. The lowest BCUT2D eigenvalue weighted by molar-refractivity contribution is -0.148. The number of aliphatic hydroxyl groups is 1. The lowest BCUT2D eigenvalue weighted by atomic mass is 9.57. The number of ether oxygens (including phenoxy) is 1. The Morgan fingerprint density at radius 1 is 1.25 bits per heavy atom. The zero-order valence-corrected chi connectivity index (χ0v) is 18.1. The minimum Gasteiger partial charge on any atom is -0.458 e. The van der Waals surface area contributed by atoms with E-state index in [2.05, 4.69) is 24.8 Å². The topological polar surface area (TPSA) is 49.8 Å². The summed E-state index contributed by atoms with van der Waals surface area (Å²) in [6.07, 6.45) is 12.9. The molecule has 0 spiro atoms. The highest BCUT2D eigenvalue weighted by Gasteiger charge is 2.53. The van der Waals surface area contributed by atoms with Crippen LogP contribution in [0.15, 0.2) is 11.6 Å². The molecule has 4 heteroatoms. The van der Waals surface area contributed by atoms with Crippen LogP contribution in [0.1, 0.15) is 72.6 Å². The van der Waals surface area contributed by atoms with Gasteiger partial charge in [0.2, 0.25) is 0 Å². The molecule has 1 radical (unpaired) electrons. The van der Waals surface area contributed by atoms with E-state index in [1.165, 1.54) is 52.0 Å². The number of hydrogen-bond acceptors (Lipinski definition) is 4. The van der Waals surface area contributed by atoms with Crippen molar-refractivity contribution < 1.29 is 14.6 Å². The van der Waals surface area contributed by atoms with Gasteiger partial charge in [-0.25, -0.2) is 0 Å². The van der Waals surface area contributed by atoms with Crippen molar-refractivity contribution in [3.8, 4) is 0 Å². The molecule has 2 saturated heterocycles.